The largest absolute Gasteiger partial charge is 0.264 e. The highest BCUT2D eigenvalue weighted by atomic mass is 32.2. The minimum atomic E-state index is -0.279. The van der Waals surface area contributed by atoms with Gasteiger partial charge in [-0.2, -0.15) is 11.8 Å². The molecule has 11 heavy (non-hydrogen) atoms. The summed E-state index contributed by atoms with van der Waals surface area (Å²) in [4.78, 5) is 10.4. The second-order valence-electron chi connectivity index (χ2n) is 2.91. The molecule has 1 aliphatic rings. The summed E-state index contributed by atoms with van der Waals surface area (Å²) in [5.41, 5.74) is 0. The fraction of sp³-hybridized carbons (Fsp3) is 1.00. The van der Waals surface area contributed by atoms with E-state index in [-0.39, 0.29) is 16.2 Å². The molecule has 2 unspecified atom stereocenters. The SMILES string of the molecule is CSC1CCCCC1[N+](=O)[O-]. The highest BCUT2D eigenvalue weighted by molar-refractivity contribution is 7.99. The van der Waals surface area contributed by atoms with Crippen LogP contribution in [0.15, 0.2) is 0 Å². The van der Waals surface area contributed by atoms with E-state index < -0.39 is 0 Å². The van der Waals surface area contributed by atoms with Gasteiger partial charge in [0, 0.05) is 11.3 Å². The van der Waals surface area contributed by atoms with Crippen molar-refractivity contribution in [1.29, 1.82) is 0 Å². The van der Waals surface area contributed by atoms with E-state index in [9.17, 15) is 10.1 Å². The summed E-state index contributed by atoms with van der Waals surface area (Å²) in [5, 5.41) is 10.8. The minimum absolute atomic E-state index is 0.111. The molecule has 0 heterocycles. The first-order chi connectivity index (χ1) is 5.25. The summed E-state index contributed by atoms with van der Waals surface area (Å²) in [7, 11) is 0. The summed E-state index contributed by atoms with van der Waals surface area (Å²) in [6, 6.07) is -0.279. The maximum atomic E-state index is 10.5. The van der Waals surface area contributed by atoms with Gasteiger partial charge in [0.15, 0.2) is 0 Å². The van der Waals surface area contributed by atoms with Gasteiger partial charge in [0.25, 0.3) is 0 Å². The molecule has 1 rings (SSSR count). The van der Waals surface area contributed by atoms with Gasteiger partial charge in [-0.3, -0.25) is 10.1 Å². The Labute approximate surface area is 70.7 Å². The Hall–Kier alpha value is -0.250. The highest BCUT2D eigenvalue weighted by Gasteiger charge is 2.32. The molecule has 0 bridgehead atoms. The van der Waals surface area contributed by atoms with Crippen LogP contribution in [0.25, 0.3) is 0 Å². The fourth-order valence-electron chi connectivity index (χ4n) is 1.59. The van der Waals surface area contributed by atoms with Crippen molar-refractivity contribution in [3.05, 3.63) is 10.1 Å². The van der Waals surface area contributed by atoms with E-state index in [0.717, 1.165) is 25.7 Å². The van der Waals surface area contributed by atoms with Crippen molar-refractivity contribution in [1.82, 2.24) is 0 Å². The predicted molar refractivity (Wildman–Crippen MR) is 46.6 cm³/mol. The maximum absolute atomic E-state index is 10.5. The molecule has 64 valence electrons. The Bertz CT molecular complexity index is 151. The van der Waals surface area contributed by atoms with Gasteiger partial charge in [0.1, 0.15) is 0 Å². The quantitative estimate of drug-likeness (QED) is 0.476. The van der Waals surface area contributed by atoms with E-state index >= 15 is 0 Å². The Morgan fingerprint density at radius 3 is 2.55 bits per heavy atom. The molecule has 4 heteroatoms. The third-order valence-corrected chi connectivity index (χ3v) is 3.40. The highest BCUT2D eigenvalue weighted by Crippen LogP contribution is 2.28. The average molecular weight is 175 g/mol. The van der Waals surface area contributed by atoms with Crippen LogP contribution in [0, 0.1) is 10.1 Å². The zero-order valence-corrected chi connectivity index (χ0v) is 7.47. The predicted octanol–water partition coefficient (Wildman–Crippen LogP) is 1.94. The molecule has 0 aromatic heterocycles. The van der Waals surface area contributed by atoms with Gasteiger partial charge in [0.05, 0.1) is 5.25 Å². The van der Waals surface area contributed by atoms with Crippen LogP contribution in [0.5, 0.6) is 0 Å². The summed E-state index contributed by atoms with van der Waals surface area (Å²) in [6.45, 7) is 0. The van der Waals surface area contributed by atoms with Crippen molar-refractivity contribution < 1.29 is 4.92 Å². The molecular formula is C7H13NO2S. The number of hydrogen-bond acceptors (Lipinski definition) is 3. The molecule has 2 atom stereocenters. The van der Waals surface area contributed by atoms with E-state index in [1.165, 1.54) is 0 Å². The third-order valence-electron chi connectivity index (χ3n) is 2.24. The van der Waals surface area contributed by atoms with Crippen molar-refractivity contribution in [3.63, 3.8) is 0 Å². The van der Waals surface area contributed by atoms with Crippen LogP contribution >= 0.6 is 11.8 Å². The Kier molecular flexibility index (Phi) is 3.17. The van der Waals surface area contributed by atoms with Crippen molar-refractivity contribution >= 4 is 11.8 Å². The van der Waals surface area contributed by atoms with Crippen LogP contribution < -0.4 is 0 Å². The van der Waals surface area contributed by atoms with Crippen LogP contribution in [-0.2, 0) is 0 Å². The average Bonchev–Trinajstić information content (AvgIpc) is 2.04. The standard InChI is InChI=1S/C7H13NO2S/c1-11-7-5-3-2-4-6(7)8(9)10/h6-7H,2-5H2,1H3. The monoisotopic (exact) mass is 175 g/mol. The number of nitrogens with zero attached hydrogens (tertiary/aromatic N) is 1. The maximum Gasteiger partial charge on any atom is 0.224 e. The molecule has 0 aromatic rings. The van der Waals surface area contributed by atoms with E-state index in [2.05, 4.69) is 0 Å². The Balaban J connectivity index is 2.51. The number of rotatable bonds is 2. The lowest BCUT2D eigenvalue weighted by Gasteiger charge is -2.23. The van der Waals surface area contributed by atoms with Crippen LogP contribution in [0.1, 0.15) is 25.7 Å². The topological polar surface area (TPSA) is 43.1 Å². The minimum Gasteiger partial charge on any atom is -0.264 e. The summed E-state index contributed by atoms with van der Waals surface area (Å²) in [5.74, 6) is 0. The van der Waals surface area contributed by atoms with Crippen molar-refractivity contribution in [2.75, 3.05) is 6.26 Å². The molecule has 3 nitrogen and oxygen atoms in total. The number of nitro groups is 1. The lowest BCUT2D eigenvalue weighted by Crippen LogP contribution is -2.34. The van der Waals surface area contributed by atoms with Gasteiger partial charge >= 0.3 is 0 Å². The van der Waals surface area contributed by atoms with Crippen LogP contribution in [0.4, 0.5) is 0 Å². The first-order valence-corrected chi connectivity index (χ1v) is 5.21. The Morgan fingerprint density at radius 1 is 1.45 bits per heavy atom. The molecule has 0 aromatic carbocycles. The molecule has 1 fully saturated rings. The van der Waals surface area contributed by atoms with E-state index in [1.54, 1.807) is 11.8 Å². The first kappa shape index (κ1) is 8.84. The van der Waals surface area contributed by atoms with Gasteiger partial charge in [-0.15, -0.1) is 0 Å². The molecule has 0 spiro atoms. The number of hydrogen-bond donors (Lipinski definition) is 0. The van der Waals surface area contributed by atoms with Crippen molar-refractivity contribution in [2.45, 2.75) is 37.0 Å². The van der Waals surface area contributed by atoms with Crippen molar-refractivity contribution in [3.8, 4) is 0 Å². The molecule has 0 amide bonds. The summed E-state index contributed by atoms with van der Waals surface area (Å²) >= 11 is 1.64. The second-order valence-corrected chi connectivity index (χ2v) is 3.99. The van der Waals surface area contributed by atoms with Gasteiger partial charge in [0.2, 0.25) is 6.04 Å². The molecular weight excluding hydrogens is 162 g/mol. The van der Waals surface area contributed by atoms with Gasteiger partial charge in [-0.25, -0.2) is 0 Å². The van der Waals surface area contributed by atoms with E-state index in [4.69, 9.17) is 0 Å². The fourth-order valence-corrected chi connectivity index (χ4v) is 2.55. The van der Waals surface area contributed by atoms with E-state index in [0.29, 0.717) is 0 Å². The third kappa shape index (κ3) is 2.09. The summed E-state index contributed by atoms with van der Waals surface area (Å²) < 4.78 is 0. The smallest absolute Gasteiger partial charge is 0.224 e. The molecule has 0 saturated heterocycles. The first-order valence-electron chi connectivity index (χ1n) is 3.92. The molecule has 1 saturated carbocycles. The van der Waals surface area contributed by atoms with E-state index in [1.807, 2.05) is 6.26 Å². The van der Waals surface area contributed by atoms with Gasteiger partial charge < -0.3 is 0 Å². The normalized spacial score (nSPS) is 31.7. The lowest BCUT2D eigenvalue weighted by atomic mass is 9.95. The van der Waals surface area contributed by atoms with Crippen LogP contribution in [0.3, 0.4) is 0 Å². The van der Waals surface area contributed by atoms with Gasteiger partial charge in [-0.1, -0.05) is 6.42 Å². The van der Waals surface area contributed by atoms with Crippen LogP contribution in [-0.4, -0.2) is 22.5 Å². The second kappa shape index (κ2) is 3.95. The molecule has 0 aliphatic heterocycles. The zero-order valence-electron chi connectivity index (χ0n) is 6.66. The van der Waals surface area contributed by atoms with Crippen LogP contribution in [0.2, 0.25) is 0 Å². The molecule has 0 radical (unpaired) electrons. The Morgan fingerprint density at radius 2 is 2.09 bits per heavy atom. The zero-order chi connectivity index (χ0) is 8.27. The van der Waals surface area contributed by atoms with Crippen molar-refractivity contribution in [2.24, 2.45) is 0 Å². The van der Waals surface area contributed by atoms with Gasteiger partial charge in [-0.05, 0) is 19.1 Å². The molecule has 0 N–H and O–H groups in total. The molecule has 1 aliphatic carbocycles. The lowest BCUT2D eigenvalue weighted by molar-refractivity contribution is -0.524. The summed E-state index contributed by atoms with van der Waals surface area (Å²) in [6.07, 6.45) is 5.95. The number of thioether (sulfide) groups is 1.